The minimum absolute atomic E-state index is 0.0687. The second kappa shape index (κ2) is 10.2. The smallest absolute Gasteiger partial charge is 0.244 e. The zero-order chi connectivity index (χ0) is 19.8. The van der Waals surface area contributed by atoms with Crippen LogP contribution in [-0.4, -0.2) is 47.9 Å². The van der Waals surface area contributed by atoms with Gasteiger partial charge in [0.25, 0.3) is 0 Å². The van der Waals surface area contributed by atoms with Crippen LogP contribution in [0.2, 0.25) is 0 Å². The van der Waals surface area contributed by atoms with Gasteiger partial charge in [-0.1, -0.05) is 31.2 Å². The number of carbonyl (C=O) groups is 1. The molecule has 0 aliphatic carbocycles. The first-order valence-corrected chi connectivity index (χ1v) is 10.8. The number of amides is 1. The van der Waals surface area contributed by atoms with Crippen molar-refractivity contribution in [1.82, 2.24) is 20.5 Å². The minimum atomic E-state index is 0.0687. The Hall–Kier alpha value is -2.41. The van der Waals surface area contributed by atoms with E-state index < -0.39 is 0 Å². The molecule has 0 spiro atoms. The standard InChI is InChI=1S/C21H29N5OS/c1-3-18-13-24-19(28-18)9-11-23-21(22-4-2)25-14-20(27)26-12-10-16-7-5-6-8-17(16)15-26/h5-8,13H,3-4,9-12,14-15H2,1-2H3,(H2,22,23,25). The first-order valence-electron chi connectivity index (χ1n) is 10.00. The Morgan fingerprint density at radius 2 is 2.07 bits per heavy atom. The zero-order valence-electron chi connectivity index (χ0n) is 16.7. The highest BCUT2D eigenvalue weighted by atomic mass is 32.1. The van der Waals surface area contributed by atoms with Crippen LogP contribution in [0.1, 0.15) is 34.9 Å². The molecule has 0 saturated heterocycles. The molecule has 3 rings (SSSR count). The maximum absolute atomic E-state index is 12.6. The van der Waals surface area contributed by atoms with Crippen LogP contribution in [0.4, 0.5) is 0 Å². The van der Waals surface area contributed by atoms with E-state index in [2.05, 4.69) is 45.7 Å². The average Bonchev–Trinajstić information content (AvgIpc) is 3.19. The van der Waals surface area contributed by atoms with Crippen molar-refractivity contribution in [3.63, 3.8) is 0 Å². The van der Waals surface area contributed by atoms with Gasteiger partial charge < -0.3 is 15.5 Å². The van der Waals surface area contributed by atoms with Crippen LogP contribution in [0, 0.1) is 0 Å². The van der Waals surface area contributed by atoms with Gasteiger partial charge >= 0.3 is 0 Å². The molecule has 28 heavy (non-hydrogen) atoms. The molecule has 1 aromatic heterocycles. The maximum atomic E-state index is 12.6. The molecule has 0 fully saturated rings. The second-order valence-corrected chi connectivity index (χ2v) is 7.98. The van der Waals surface area contributed by atoms with Gasteiger partial charge in [-0.15, -0.1) is 11.3 Å². The largest absolute Gasteiger partial charge is 0.357 e. The average molecular weight is 400 g/mol. The van der Waals surface area contributed by atoms with Crippen molar-refractivity contribution in [1.29, 1.82) is 0 Å². The van der Waals surface area contributed by atoms with Crippen LogP contribution >= 0.6 is 11.3 Å². The van der Waals surface area contributed by atoms with Gasteiger partial charge in [-0.05, 0) is 30.9 Å². The molecular weight excluding hydrogens is 370 g/mol. The van der Waals surface area contributed by atoms with E-state index in [1.165, 1.54) is 16.0 Å². The summed E-state index contributed by atoms with van der Waals surface area (Å²) < 4.78 is 0. The van der Waals surface area contributed by atoms with E-state index in [1.807, 2.05) is 24.1 Å². The van der Waals surface area contributed by atoms with Crippen LogP contribution in [0.3, 0.4) is 0 Å². The number of thiazole rings is 1. The number of aliphatic imine (C=N–C) groups is 1. The van der Waals surface area contributed by atoms with Gasteiger partial charge in [0.2, 0.25) is 5.91 Å². The Kier molecular flexibility index (Phi) is 7.42. The Balaban J connectivity index is 1.50. The molecule has 7 heteroatoms. The van der Waals surface area contributed by atoms with Gasteiger partial charge in [-0.25, -0.2) is 9.98 Å². The number of nitrogens with zero attached hydrogens (tertiary/aromatic N) is 3. The predicted molar refractivity (Wildman–Crippen MR) is 115 cm³/mol. The van der Waals surface area contributed by atoms with Crippen molar-refractivity contribution in [3.05, 3.63) is 51.5 Å². The van der Waals surface area contributed by atoms with E-state index in [4.69, 9.17) is 0 Å². The number of rotatable bonds is 7. The number of nitrogens with one attached hydrogen (secondary N) is 2. The maximum Gasteiger partial charge on any atom is 0.244 e. The molecular formula is C21H29N5OS. The third-order valence-corrected chi connectivity index (χ3v) is 5.98. The Morgan fingerprint density at radius 1 is 1.25 bits per heavy atom. The monoisotopic (exact) mass is 399 g/mol. The fourth-order valence-electron chi connectivity index (χ4n) is 3.21. The molecule has 150 valence electrons. The number of benzene rings is 1. The first-order chi connectivity index (χ1) is 13.7. The fourth-order valence-corrected chi connectivity index (χ4v) is 4.07. The highest BCUT2D eigenvalue weighted by molar-refractivity contribution is 7.11. The molecule has 0 atom stereocenters. The Labute approximate surface area is 171 Å². The van der Waals surface area contributed by atoms with E-state index in [0.29, 0.717) is 12.5 Å². The molecule has 1 aliphatic rings. The summed E-state index contributed by atoms with van der Waals surface area (Å²) in [5.74, 6) is 0.750. The lowest BCUT2D eigenvalue weighted by atomic mass is 10.00. The van der Waals surface area contributed by atoms with Crippen LogP contribution in [-0.2, 0) is 30.6 Å². The quantitative estimate of drug-likeness (QED) is 0.554. The lowest BCUT2D eigenvalue weighted by molar-refractivity contribution is -0.130. The van der Waals surface area contributed by atoms with Crippen molar-refractivity contribution in [2.45, 2.75) is 39.7 Å². The van der Waals surface area contributed by atoms with Gasteiger partial charge in [-0.2, -0.15) is 0 Å². The number of aryl methyl sites for hydroxylation is 1. The summed E-state index contributed by atoms with van der Waals surface area (Å²) >= 11 is 1.76. The third kappa shape index (κ3) is 5.55. The van der Waals surface area contributed by atoms with E-state index in [9.17, 15) is 4.79 Å². The normalized spacial score (nSPS) is 13.9. The van der Waals surface area contributed by atoms with Crippen LogP contribution in [0.15, 0.2) is 35.5 Å². The molecule has 2 N–H and O–H groups in total. The number of hydrogen-bond acceptors (Lipinski definition) is 4. The summed E-state index contributed by atoms with van der Waals surface area (Å²) in [4.78, 5) is 24.7. The van der Waals surface area contributed by atoms with Gasteiger partial charge in [0, 0.05) is 43.7 Å². The van der Waals surface area contributed by atoms with Gasteiger partial charge in [0.15, 0.2) is 5.96 Å². The molecule has 1 aliphatic heterocycles. The van der Waals surface area contributed by atoms with Crippen molar-refractivity contribution >= 4 is 23.2 Å². The minimum Gasteiger partial charge on any atom is -0.357 e. The number of fused-ring (bicyclic) bond motifs is 1. The molecule has 2 heterocycles. The molecule has 1 amide bonds. The highest BCUT2D eigenvalue weighted by Crippen LogP contribution is 2.18. The van der Waals surface area contributed by atoms with E-state index in [0.717, 1.165) is 43.9 Å². The van der Waals surface area contributed by atoms with E-state index in [1.54, 1.807) is 11.3 Å². The highest BCUT2D eigenvalue weighted by Gasteiger charge is 2.19. The van der Waals surface area contributed by atoms with Crippen molar-refractivity contribution in [2.24, 2.45) is 4.99 Å². The van der Waals surface area contributed by atoms with Gasteiger partial charge in [-0.3, -0.25) is 4.79 Å². The predicted octanol–water partition coefficient (Wildman–Crippen LogP) is 2.39. The fraction of sp³-hybridized carbons (Fsp3) is 0.476. The molecule has 2 aromatic rings. The number of carbonyl (C=O) groups excluding carboxylic acids is 1. The molecule has 0 radical (unpaired) electrons. The number of guanidine groups is 1. The molecule has 6 nitrogen and oxygen atoms in total. The van der Waals surface area contributed by atoms with Crippen LogP contribution in [0.25, 0.3) is 0 Å². The van der Waals surface area contributed by atoms with E-state index in [-0.39, 0.29) is 12.5 Å². The van der Waals surface area contributed by atoms with Crippen LogP contribution < -0.4 is 10.6 Å². The van der Waals surface area contributed by atoms with Crippen molar-refractivity contribution in [2.75, 3.05) is 26.2 Å². The molecule has 0 bridgehead atoms. The molecule has 0 unspecified atom stereocenters. The summed E-state index contributed by atoms with van der Waals surface area (Å²) in [5, 5.41) is 7.64. The first kappa shape index (κ1) is 20.3. The number of aromatic nitrogens is 1. The van der Waals surface area contributed by atoms with Gasteiger partial charge in [0.1, 0.15) is 6.54 Å². The lowest BCUT2D eigenvalue weighted by Gasteiger charge is -2.28. The summed E-state index contributed by atoms with van der Waals surface area (Å²) in [6.45, 7) is 7.27. The SMILES string of the molecule is CCNC(=NCC(=O)N1CCc2ccccc2C1)NCCc1ncc(CC)s1. The van der Waals surface area contributed by atoms with Crippen molar-refractivity contribution in [3.8, 4) is 0 Å². The summed E-state index contributed by atoms with van der Waals surface area (Å²) in [7, 11) is 0. The van der Waals surface area contributed by atoms with Crippen molar-refractivity contribution < 1.29 is 4.79 Å². The summed E-state index contributed by atoms with van der Waals surface area (Å²) in [5.41, 5.74) is 2.59. The van der Waals surface area contributed by atoms with Crippen LogP contribution in [0.5, 0.6) is 0 Å². The van der Waals surface area contributed by atoms with Gasteiger partial charge in [0.05, 0.1) is 5.01 Å². The topological polar surface area (TPSA) is 69.6 Å². The Bertz CT molecular complexity index is 817. The van der Waals surface area contributed by atoms with E-state index >= 15 is 0 Å². The molecule has 1 aromatic carbocycles. The number of hydrogen-bond donors (Lipinski definition) is 2. The second-order valence-electron chi connectivity index (χ2n) is 6.78. The summed E-state index contributed by atoms with van der Waals surface area (Å²) in [6, 6.07) is 8.34. The third-order valence-electron chi connectivity index (χ3n) is 4.78. The zero-order valence-corrected chi connectivity index (χ0v) is 17.5. The summed E-state index contributed by atoms with van der Waals surface area (Å²) in [6.07, 6.45) is 4.75. The lowest BCUT2D eigenvalue weighted by Crippen LogP contribution is -2.41. The Morgan fingerprint density at radius 3 is 2.82 bits per heavy atom. The molecule has 0 saturated carbocycles.